The second kappa shape index (κ2) is 12.6. The number of nitrogens with one attached hydrogen (secondary N) is 2. The Morgan fingerprint density at radius 3 is 2.41 bits per heavy atom. The van der Waals surface area contributed by atoms with Crippen molar-refractivity contribution in [2.75, 3.05) is 25.4 Å². The Bertz CT molecular complexity index is 593. The summed E-state index contributed by atoms with van der Waals surface area (Å²) in [6, 6.07) is -4.07. The molecular formula is C17H31N5O6S. The van der Waals surface area contributed by atoms with Gasteiger partial charge in [-0.25, -0.2) is 4.79 Å². The molecule has 0 aromatic rings. The summed E-state index contributed by atoms with van der Waals surface area (Å²) in [4.78, 5) is 50.1. The highest BCUT2D eigenvalue weighted by Gasteiger charge is 2.38. The van der Waals surface area contributed by atoms with E-state index >= 15 is 0 Å². The summed E-state index contributed by atoms with van der Waals surface area (Å²) >= 11 is 3.92. The molecule has 1 heterocycles. The molecular weight excluding hydrogens is 402 g/mol. The van der Waals surface area contributed by atoms with Crippen LogP contribution in [0.5, 0.6) is 0 Å². The number of hydrogen-bond donors (Lipinski definition) is 7. The molecule has 29 heavy (non-hydrogen) atoms. The van der Waals surface area contributed by atoms with Gasteiger partial charge in [0.25, 0.3) is 0 Å². The summed E-state index contributed by atoms with van der Waals surface area (Å²) in [5.41, 5.74) is 11.0. The van der Waals surface area contributed by atoms with E-state index in [0.29, 0.717) is 45.2 Å². The molecule has 1 saturated heterocycles. The van der Waals surface area contributed by atoms with Crippen molar-refractivity contribution in [3.8, 4) is 0 Å². The molecule has 0 spiro atoms. The Labute approximate surface area is 175 Å². The lowest BCUT2D eigenvalue weighted by Crippen LogP contribution is -2.57. The molecule has 1 rings (SSSR count). The molecule has 11 nitrogen and oxygen atoms in total. The van der Waals surface area contributed by atoms with Gasteiger partial charge in [-0.2, -0.15) is 12.6 Å². The zero-order valence-corrected chi connectivity index (χ0v) is 17.1. The Hall–Kier alpha value is -1.89. The smallest absolute Gasteiger partial charge is 0.327 e. The summed E-state index contributed by atoms with van der Waals surface area (Å²) in [7, 11) is 0. The van der Waals surface area contributed by atoms with E-state index in [1.54, 1.807) is 0 Å². The number of hydrogen-bond acceptors (Lipinski definition) is 8. The first kappa shape index (κ1) is 25.1. The van der Waals surface area contributed by atoms with Crippen molar-refractivity contribution in [1.29, 1.82) is 0 Å². The number of likely N-dealkylation sites (tertiary alicyclic amines) is 1. The van der Waals surface area contributed by atoms with E-state index in [-0.39, 0.29) is 5.75 Å². The molecule has 0 aliphatic carbocycles. The Kier molecular flexibility index (Phi) is 10.9. The lowest BCUT2D eigenvalue weighted by molar-refractivity contribution is -0.144. The summed E-state index contributed by atoms with van der Waals surface area (Å²) in [6.07, 6.45) is 2.49. The maximum Gasteiger partial charge on any atom is 0.327 e. The zero-order chi connectivity index (χ0) is 22.0. The number of aliphatic carboxylic acids is 1. The van der Waals surface area contributed by atoms with Crippen molar-refractivity contribution >= 4 is 36.3 Å². The molecule has 166 valence electrons. The molecule has 1 aliphatic heterocycles. The van der Waals surface area contributed by atoms with Crippen LogP contribution in [0, 0.1) is 0 Å². The standard InChI is InChI=1S/C17H31N5O6S/c18-6-2-1-4-11(20-14(24)10(19)8-23)16(26)22-7-3-5-13(22)15(25)21-12(9-29)17(27)28/h10-13,23,29H,1-9,18-19H2,(H,20,24)(H,21,25)(H,27,28). The molecule has 0 radical (unpaired) electrons. The molecule has 12 heteroatoms. The third kappa shape index (κ3) is 7.46. The maximum atomic E-state index is 13.1. The molecule has 3 amide bonds. The second-order valence-electron chi connectivity index (χ2n) is 6.91. The van der Waals surface area contributed by atoms with E-state index in [1.807, 2.05) is 0 Å². The molecule has 4 unspecified atom stereocenters. The first-order chi connectivity index (χ1) is 13.8. The van der Waals surface area contributed by atoms with E-state index in [2.05, 4.69) is 23.3 Å². The van der Waals surface area contributed by atoms with Crippen LogP contribution in [0.4, 0.5) is 0 Å². The minimum Gasteiger partial charge on any atom is -0.480 e. The number of aliphatic hydroxyl groups excluding tert-OH is 1. The monoisotopic (exact) mass is 433 g/mol. The number of aliphatic hydroxyl groups is 1. The number of unbranched alkanes of at least 4 members (excludes halogenated alkanes) is 1. The zero-order valence-electron chi connectivity index (χ0n) is 16.2. The minimum absolute atomic E-state index is 0.0848. The average Bonchev–Trinajstić information content (AvgIpc) is 3.19. The van der Waals surface area contributed by atoms with Gasteiger partial charge in [-0.3, -0.25) is 14.4 Å². The highest BCUT2D eigenvalue weighted by atomic mass is 32.1. The highest BCUT2D eigenvalue weighted by molar-refractivity contribution is 7.80. The Morgan fingerprint density at radius 2 is 1.86 bits per heavy atom. The Balaban J connectivity index is 2.89. The van der Waals surface area contributed by atoms with Gasteiger partial charge in [0.2, 0.25) is 17.7 Å². The van der Waals surface area contributed by atoms with Gasteiger partial charge in [0, 0.05) is 12.3 Å². The minimum atomic E-state index is -1.21. The molecule has 8 N–H and O–H groups in total. The van der Waals surface area contributed by atoms with Gasteiger partial charge in [0.15, 0.2) is 0 Å². The number of carboxylic acids is 1. The summed E-state index contributed by atoms with van der Waals surface area (Å²) in [6.45, 7) is 0.176. The van der Waals surface area contributed by atoms with Gasteiger partial charge in [0.1, 0.15) is 24.2 Å². The largest absolute Gasteiger partial charge is 0.480 e. The SMILES string of the molecule is NCCCCC(NC(=O)C(N)CO)C(=O)N1CCCC1C(=O)NC(CS)C(=O)O. The lowest BCUT2D eigenvalue weighted by atomic mass is 10.1. The van der Waals surface area contributed by atoms with Gasteiger partial charge in [-0.15, -0.1) is 0 Å². The second-order valence-corrected chi connectivity index (χ2v) is 7.27. The number of carbonyl (C=O) groups is 4. The number of nitrogens with zero attached hydrogens (tertiary/aromatic N) is 1. The van der Waals surface area contributed by atoms with Crippen molar-refractivity contribution in [3.63, 3.8) is 0 Å². The fraction of sp³-hybridized carbons (Fsp3) is 0.765. The van der Waals surface area contributed by atoms with E-state index < -0.39 is 54.5 Å². The number of carboxylic acid groups (broad SMARTS) is 1. The van der Waals surface area contributed by atoms with Crippen LogP contribution < -0.4 is 22.1 Å². The van der Waals surface area contributed by atoms with Gasteiger partial charge < -0.3 is 37.2 Å². The Morgan fingerprint density at radius 1 is 1.17 bits per heavy atom. The van der Waals surface area contributed by atoms with Crippen molar-refractivity contribution in [1.82, 2.24) is 15.5 Å². The number of carbonyl (C=O) groups excluding carboxylic acids is 3. The lowest BCUT2D eigenvalue weighted by Gasteiger charge is -2.29. The number of nitrogens with two attached hydrogens (primary N) is 2. The van der Waals surface area contributed by atoms with E-state index in [0.717, 1.165) is 0 Å². The third-order valence-corrected chi connectivity index (χ3v) is 5.10. The van der Waals surface area contributed by atoms with Crippen LogP contribution in [0.15, 0.2) is 0 Å². The predicted octanol–water partition coefficient (Wildman–Crippen LogP) is -2.59. The van der Waals surface area contributed by atoms with Gasteiger partial charge in [0.05, 0.1) is 6.61 Å². The van der Waals surface area contributed by atoms with Crippen molar-refractivity contribution < 1.29 is 29.4 Å². The third-order valence-electron chi connectivity index (χ3n) is 4.73. The summed E-state index contributed by atoms with van der Waals surface area (Å²) in [5, 5.41) is 23.1. The first-order valence-corrected chi connectivity index (χ1v) is 10.2. The van der Waals surface area contributed by atoms with Gasteiger partial charge in [-0.05, 0) is 38.6 Å². The van der Waals surface area contributed by atoms with Crippen LogP contribution in [-0.2, 0) is 19.2 Å². The normalized spacial score (nSPS) is 19.3. The molecule has 0 aromatic heterocycles. The van der Waals surface area contributed by atoms with Crippen molar-refractivity contribution in [2.24, 2.45) is 11.5 Å². The van der Waals surface area contributed by atoms with E-state index in [1.165, 1.54) is 4.90 Å². The van der Waals surface area contributed by atoms with Crippen LogP contribution in [0.1, 0.15) is 32.1 Å². The van der Waals surface area contributed by atoms with Crippen molar-refractivity contribution in [2.45, 2.75) is 56.3 Å². The molecule has 0 bridgehead atoms. The maximum absolute atomic E-state index is 13.1. The van der Waals surface area contributed by atoms with Crippen LogP contribution >= 0.6 is 12.6 Å². The van der Waals surface area contributed by atoms with Crippen LogP contribution in [0.3, 0.4) is 0 Å². The van der Waals surface area contributed by atoms with Gasteiger partial charge in [-0.1, -0.05) is 0 Å². The van der Waals surface area contributed by atoms with Crippen LogP contribution in [-0.4, -0.2) is 88.4 Å². The van der Waals surface area contributed by atoms with Crippen LogP contribution in [0.2, 0.25) is 0 Å². The van der Waals surface area contributed by atoms with Gasteiger partial charge >= 0.3 is 5.97 Å². The highest BCUT2D eigenvalue weighted by Crippen LogP contribution is 2.20. The quantitative estimate of drug-likeness (QED) is 0.129. The topological polar surface area (TPSA) is 188 Å². The number of amides is 3. The molecule has 1 aliphatic rings. The van der Waals surface area contributed by atoms with E-state index in [4.69, 9.17) is 21.7 Å². The summed E-state index contributed by atoms with van der Waals surface area (Å²) in [5.74, 6) is -2.99. The molecule has 4 atom stereocenters. The number of thiol groups is 1. The fourth-order valence-corrected chi connectivity index (χ4v) is 3.32. The van der Waals surface area contributed by atoms with Crippen LogP contribution in [0.25, 0.3) is 0 Å². The molecule has 1 fully saturated rings. The first-order valence-electron chi connectivity index (χ1n) is 9.58. The average molecular weight is 434 g/mol. The van der Waals surface area contributed by atoms with E-state index in [9.17, 15) is 19.2 Å². The molecule has 0 aromatic carbocycles. The molecule has 0 saturated carbocycles. The fourth-order valence-electron chi connectivity index (χ4n) is 3.07. The predicted molar refractivity (Wildman–Crippen MR) is 108 cm³/mol. The number of rotatable bonds is 12. The van der Waals surface area contributed by atoms with Crippen molar-refractivity contribution in [3.05, 3.63) is 0 Å². The summed E-state index contributed by atoms with van der Waals surface area (Å²) < 4.78 is 0.